The van der Waals surface area contributed by atoms with E-state index in [0.29, 0.717) is 17.1 Å². The monoisotopic (exact) mass is 278 g/mol. The first-order valence-electron chi connectivity index (χ1n) is 6.64. The average Bonchev–Trinajstić information content (AvgIpc) is 2.70. The third kappa shape index (κ3) is 2.27. The zero-order valence-electron chi connectivity index (χ0n) is 10.9. The van der Waals surface area contributed by atoms with Gasteiger partial charge in [-0.15, -0.1) is 0 Å². The molecule has 0 saturated carbocycles. The van der Waals surface area contributed by atoms with Crippen LogP contribution in [0, 0.1) is 12.7 Å². The van der Waals surface area contributed by atoms with E-state index in [1.807, 2.05) is 6.92 Å². The van der Waals surface area contributed by atoms with Crippen molar-refractivity contribution in [1.29, 1.82) is 0 Å². The Labute approximate surface area is 117 Å². The first-order chi connectivity index (χ1) is 9.16. The number of halogens is 2. The highest BCUT2D eigenvalue weighted by Gasteiger charge is 2.19. The smallest absolute Gasteiger partial charge is 0.129 e. The molecule has 2 nitrogen and oxygen atoms in total. The maximum atomic E-state index is 13.9. The summed E-state index contributed by atoms with van der Waals surface area (Å²) in [6, 6.07) is 4.83. The Morgan fingerprint density at radius 1 is 1.32 bits per heavy atom. The molecular formula is C15H16ClFN2. The summed E-state index contributed by atoms with van der Waals surface area (Å²) in [6.45, 7) is 2.45. The molecule has 0 unspecified atom stereocenters. The third-order valence-electron chi connectivity index (χ3n) is 3.80. The lowest BCUT2D eigenvalue weighted by molar-refractivity contribution is 0.582. The third-order valence-corrected chi connectivity index (χ3v) is 4.16. The van der Waals surface area contributed by atoms with Crippen LogP contribution in [0.15, 0.2) is 18.2 Å². The van der Waals surface area contributed by atoms with Gasteiger partial charge in [-0.2, -0.15) is 0 Å². The molecule has 1 heterocycles. The molecule has 1 aliphatic rings. The molecule has 4 heteroatoms. The van der Waals surface area contributed by atoms with Crippen molar-refractivity contribution in [1.82, 2.24) is 9.55 Å². The van der Waals surface area contributed by atoms with Crippen LogP contribution in [0.4, 0.5) is 4.39 Å². The maximum absolute atomic E-state index is 13.9. The van der Waals surface area contributed by atoms with E-state index in [2.05, 4.69) is 9.55 Å². The van der Waals surface area contributed by atoms with Gasteiger partial charge in [0.25, 0.3) is 0 Å². The molecule has 100 valence electrons. The lowest BCUT2D eigenvalue weighted by Gasteiger charge is -2.15. The second-order valence-corrected chi connectivity index (χ2v) is 5.45. The molecule has 3 rings (SSSR count). The van der Waals surface area contributed by atoms with E-state index in [9.17, 15) is 4.39 Å². The van der Waals surface area contributed by atoms with Crippen molar-refractivity contribution >= 4 is 11.6 Å². The summed E-state index contributed by atoms with van der Waals surface area (Å²) < 4.78 is 16.0. The standard InChI is InChI=1S/C15H16ClFN2/c1-10-18-14-7-2-3-8-15(14)19(10)9-11-12(16)5-4-6-13(11)17/h4-6H,2-3,7-9H2,1H3. The van der Waals surface area contributed by atoms with Gasteiger partial charge in [-0.1, -0.05) is 17.7 Å². The van der Waals surface area contributed by atoms with Gasteiger partial charge in [-0.05, 0) is 44.7 Å². The van der Waals surface area contributed by atoms with Crippen LogP contribution in [-0.4, -0.2) is 9.55 Å². The van der Waals surface area contributed by atoms with E-state index in [1.54, 1.807) is 12.1 Å². The Balaban J connectivity index is 2.02. The Hall–Kier alpha value is -1.35. The zero-order valence-corrected chi connectivity index (χ0v) is 11.7. The molecule has 0 saturated heterocycles. The van der Waals surface area contributed by atoms with Gasteiger partial charge >= 0.3 is 0 Å². The number of nitrogens with zero attached hydrogens (tertiary/aromatic N) is 2. The number of aromatic nitrogens is 2. The summed E-state index contributed by atoms with van der Waals surface area (Å²) >= 11 is 6.11. The number of fused-ring (bicyclic) bond motifs is 1. The van der Waals surface area contributed by atoms with Gasteiger partial charge < -0.3 is 4.57 Å². The Bertz CT molecular complexity index is 599. The minimum Gasteiger partial charge on any atom is -0.327 e. The first-order valence-corrected chi connectivity index (χ1v) is 7.02. The van der Waals surface area contributed by atoms with Crippen molar-refractivity contribution in [3.8, 4) is 0 Å². The number of hydrogen-bond acceptors (Lipinski definition) is 1. The van der Waals surface area contributed by atoms with E-state index in [-0.39, 0.29) is 5.82 Å². The molecule has 0 radical (unpaired) electrons. The molecule has 19 heavy (non-hydrogen) atoms. The van der Waals surface area contributed by atoms with Crippen molar-refractivity contribution in [3.63, 3.8) is 0 Å². The summed E-state index contributed by atoms with van der Waals surface area (Å²) in [5.74, 6) is 0.705. The van der Waals surface area contributed by atoms with E-state index < -0.39 is 0 Å². The summed E-state index contributed by atoms with van der Waals surface area (Å²) in [4.78, 5) is 4.60. The van der Waals surface area contributed by atoms with E-state index in [0.717, 1.165) is 18.7 Å². The maximum Gasteiger partial charge on any atom is 0.129 e. The lowest BCUT2D eigenvalue weighted by Crippen LogP contribution is -2.11. The van der Waals surface area contributed by atoms with Crippen LogP contribution in [0.25, 0.3) is 0 Å². The minimum absolute atomic E-state index is 0.245. The van der Waals surface area contributed by atoms with E-state index in [4.69, 9.17) is 11.6 Å². The quantitative estimate of drug-likeness (QED) is 0.814. The lowest BCUT2D eigenvalue weighted by atomic mass is 10.0. The Kier molecular flexibility index (Phi) is 3.31. The van der Waals surface area contributed by atoms with E-state index in [1.165, 1.54) is 30.3 Å². The van der Waals surface area contributed by atoms with Crippen molar-refractivity contribution in [2.45, 2.75) is 39.2 Å². The SMILES string of the molecule is Cc1nc2c(n1Cc1c(F)cccc1Cl)CCCC2. The van der Waals surface area contributed by atoms with Crippen molar-refractivity contribution in [2.24, 2.45) is 0 Å². The van der Waals surface area contributed by atoms with Gasteiger partial charge in [0.05, 0.1) is 12.2 Å². The normalized spacial score (nSPS) is 14.5. The Morgan fingerprint density at radius 2 is 2.11 bits per heavy atom. The van der Waals surface area contributed by atoms with Crippen molar-refractivity contribution in [3.05, 3.63) is 51.8 Å². The van der Waals surface area contributed by atoms with Gasteiger partial charge in [0.1, 0.15) is 11.6 Å². The average molecular weight is 279 g/mol. The van der Waals surface area contributed by atoms with Gasteiger partial charge in [-0.25, -0.2) is 9.37 Å². The second-order valence-electron chi connectivity index (χ2n) is 5.05. The molecule has 0 bridgehead atoms. The molecule has 1 aliphatic carbocycles. The van der Waals surface area contributed by atoms with Crippen LogP contribution < -0.4 is 0 Å². The van der Waals surface area contributed by atoms with E-state index >= 15 is 0 Å². The topological polar surface area (TPSA) is 17.8 Å². The first kappa shape index (κ1) is 12.7. The predicted octanol–water partition coefficient (Wildman–Crippen LogP) is 3.91. The minimum atomic E-state index is -0.245. The van der Waals surface area contributed by atoms with Crippen LogP contribution in [0.2, 0.25) is 5.02 Å². The molecule has 0 atom stereocenters. The molecule has 0 N–H and O–H groups in total. The van der Waals surface area contributed by atoms with Crippen LogP contribution >= 0.6 is 11.6 Å². The Morgan fingerprint density at radius 3 is 2.89 bits per heavy atom. The second kappa shape index (κ2) is 4.97. The van der Waals surface area contributed by atoms with Crippen LogP contribution in [-0.2, 0) is 19.4 Å². The highest BCUT2D eigenvalue weighted by Crippen LogP contribution is 2.26. The molecule has 0 aliphatic heterocycles. The number of rotatable bonds is 2. The fraction of sp³-hybridized carbons (Fsp3) is 0.400. The summed E-state index contributed by atoms with van der Waals surface area (Å²) in [5.41, 5.74) is 2.98. The van der Waals surface area contributed by atoms with Crippen molar-refractivity contribution in [2.75, 3.05) is 0 Å². The van der Waals surface area contributed by atoms with Crippen LogP contribution in [0.1, 0.15) is 35.6 Å². The van der Waals surface area contributed by atoms with Gasteiger partial charge in [-0.3, -0.25) is 0 Å². The van der Waals surface area contributed by atoms with Gasteiger partial charge in [0, 0.05) is 16.3 Å². The number of aryl methyl sites for hydroxylation is 2. The van der Waals surface area contributed by atoms with Crippen molar-refractivity contribution < 1.29 is 4.39 Å². The molecule has 0 amide bonds. The molecule has 1 aromatic carbocycles. The highest BCUT2D eigenvalue weighted by atomic mass is 35.5. The number of hydrogen-bond donors (Lipinski definition) is 0. The molecule has 0 fully saturated rings. The number of imidazole rings is 1. The van der Waals surface area contributed by atoms with Crippen LogP contribution in [0.5, 0.6) is 0 Å². The summed E-state index contributed by atoms with van der Waals surface area (Å²) in [7, 11) is 0. The fourth-order valence-electron chi connectivity index (χ4n) is 2.79. The largest absolute Gasteiger partial charge is 0.327 e. The highest BCUT2D eigenvalue weighted by molar-refractivity contribution is 6.31. The van der Waals surface area contributed by atoms with Gasteiger partial charge in [0.15, 0.2) is 0 Å². The fourth-order valence-corrected chi connectivity index (χ4v) is 3.01. The molecule has 0 spiro atoms. The zero-order chi connectivity index (χ0) is 13.4. The number of benzene rings is 1. The molecule has 2 aromatic rings. The summed E-state index contributed by atoms with van der Waals surface area (Å²) in [6.07, 6.45) is 4.45. The van der Waals surface area contributed by atoms with Gasteiger partial charge in [0.2, 0.25) is 0 Å². The van der Waals surface area contributed by atoms with Crippen LogP contribution in [0.3, 0.4) is 0 Å². The predicted molar refractivity (Wildman–Crippen MR) is 74.1 cm³/mol. The molecule has 1 aromatic heterocycles. The summed E-state index contributed by atoms with van der Waals surface area (Å²) in [5, 5.41) is 0.484. The molecular weight excluding hydrogens is 263 g/mol.